The Kier molecular flexibility index (Phi) is 6.45. The lowest BCUT2D eigenvalue weighted by Gasteiger charge is -2.37. The van der Waals surface area contributed by atoms with Crippen LogP contribution < -0.4 is 10.9 Å². The molecule has 0 bridgehead atoms. The van der Waals surface area contributed by atoms with Gasteiger partial charge in [-0.15, -0.1) is 0 Å². The predicted molar refractivity (Wildman–Crippen MR) is 119 cm³/mol. The van der Waals surface area contributed by atoms with Crippen LogP contribution in [0.15, 0.2) is 71.9 Å². The van der Waals surface area contributed by atoms with Crippen LogP contribution in [0.4, 0.5) is 5.69 Å². The lowest BCUT2D eigenvalue weighted by molar-refractivity contribution is -0.170. The van der Waals surface area contributed by atoms with Crippen molar-refractivity contribution in [1.82, 2.24) is 9.55 Å². The third kappa shape index (κ3) is 4.34. The minimum Gasteiger partial charge on any atom is -0.390 e. The molecule has 3 aromatic rings. The molecule has 2 aromatic heterocycles. The van der Waals surface area contributed by atoms with Crippen LogP contribution in [-0.4, -0.2) is 44.0 Å². The molecule has 4 unspecified atom stereocenters. The van der Waals surface area contributed by atoms with Crippen LogP contribution in [-0.2, 0) is 4.74 Å². The summed E-state index contributed by atoms with van der Waals surface area (Å²) in [6.45, 7) is 1.87. The Morgan fingerprint density at radius 2 is 1.97 bits per heavy atom. The summed E-state index contributed by atoms with van der Waals surface area (Å²) < 4.78 is 7.39. The van der Waals surface area contributed by atoms with E-state index in [0.717, 1.165) is 0 Å². The number of ether oxygens (including phenoxy) is 1. The standard InChI is InChI=1S/C24H25N3O5/c1-2-20-22(29)19(28)13-21(32-20)16-10-11-25-14-18(16)26-23(30)17-9-6-12-27(24(17)31)15-7-4-3-5-8-15/h3-12,14,19-22,28-29H,2,13H2,1H3,(H,26,30). The average Bonchev–Trinajstić information content (AvgIpc) is 2.82. The summed E-state index contributed by atoms with van der Waals surface area (Å²) in [4.78, 5) is 30.0. The van der Waals surface area contributed by atoms with Crippen molar-refractivity contribution >= 4 is 11.6 Å². The number of aliphatic hydroxyl groups excluding tert-OH is 2. The normalized spacial score (nSPS) is 23.0. The molecule has 8 nitrogen and oxygen atoms in total. The van der Waals surface area contributed by atoms with Gasteiger partial charge in [-0.3, -0.25) is 19.1 Å². The Morgan fingerprint density at radius 3 is 2.72 bits per heavy atom. The fourth-order valence-electron chi connectivity index (χ4n) is 3.93. The van der Waals surface area contributed by atoms with Crippen LogP contribution in [0.25, 0.3) is 5.69 Å². The number of carbonyl (C=O) groups is 1. The lowest BCUT2D eigenvalue weighted by Crippen LogP contribution is -2.45. The Balaban J connectivity index is 1.61. The molecular weight excluding hydrogens is 410 g/mol. The number of nitrogens with zero attached hydrogens (tertiary/aromatic N) is 2. The Labute approximate surface area is 185 Å². The van der Waals surface area contributed by atoms with Crippen LogP contribution in [0.3, 0.4) is 0 Å². The molecule has 3 heterocycles. The molecule has 4 rings (SSSR count). The second-order valence-electron chi connectivity index (χ2n) is 7.71. The molecule has 1 fully saturated rings. The van der Waals surface area contributed by atoms with Crippen molar-refractivity contribution in [2.24, 2.45) is 0 Å². The number of hydrogen-bond acceptors (Lipinski definition) is 6. The minimum absolute atomic E-state index is 0.0161. The third-order valence-electron chi connectivity index (χ3n) is 5.65. The Hall–Kier alpha value is -3.33. The maximum Gasteiger partial charge on any atom is 0.267 e. The highest BCUT2D eigenvalue weighted by Crippen LogP contribution is 2.36. The average molecular weight is 435 g/mol. The Morgan fingerprint density at radius 1 is 1.19 bits per heavy atom. The molecular formula is C24H25N3O5. The lowest BCUT2D eigenvalue weighted by atomic mass is 9.92. The quantitative estimate of drug-likeness (QED) is 0.567. The van der Waals surface area contributed by atoms with Crippen molar-refractivity contribution in [1.29, 1.82) is 0 Å². The summed E-state index contributed by atoms with van der Waals surface area (Å²) in [6, 6.07) is 13.9. The summed E-state index contributed by atoms with van der Waals surface area (Å²) in [7, 11) is 0. The molecule has 166 valence electrons. The van der Waals surface area contributed by atoms with Gasteiger partial charge in [0.05, 0.1) is 30.2 Å². The zero-order valence-electron chi connectivity index (χ0n) is 17.6. The molecule has 8 heteroatoms. The van der Waals surface area contributed by atoms with Crippen LogP contribution in [0, 0.1) is 0 Å². The van der Waals surface area contributed by atoms with E-state index in [1.54, 1.807) is 36.7 Å². The molecule has 3 N–H and O–H groups in total. The molecule has 4 atom stereocenters. The molecule has 0 spiro atoms. The Bertz CT molecular complexity index is 1150. The van der Waals surface area contributed by atoms with Gasteiger partial charge >= 0.3 is 0 Å². The summed E-state index contributed by atoms with van der Waals surface area (Å²) >= 11 is 0. The number of benzene rings is 1. The number of anilines is 1. The predicted octanol–water partition coefficient (Wildman–Crippen LogP) is 2.45. The van der Waals surface area contributed by atoms with Crippen molar-refractivity contribution in [3.8, 4) is 5.69 Å². The molecule has 32 heavy (non-hydrogen) atoms. The summed E-state index contributed by atoms with van der Waals surface area (Å²) in [5, 5.41) is 23.1. The number of rotatable bonds is 5. The van der Waals surface area contributed by atoms with Crippen LogP contribution in [0.2, 0.25) is 0 Å². The summed E-state index contributed by atoms with van der Waals surface area (Å²) in [6.07, 6.45) is 2.41. The van der Waals surface area contributed by atoms with E-state index in [1.165, 1.54) is 16.8 Å². The van der Waals surface area contributed by atoms with Gasteiger partial charge in [-0.25, -0.2) is 0 Å². The number of carbonyl (C=O) groups excluding carboxylic acids is 1. The van der Waals surface area contributed by atoms with Crippen molar-refractivity contribution in [3.63, 3.8) is 0 Å². The van der Waals surface area contributed by atoms with Crippen molar-refractivity contribution in [2.45, 2.75) is 44.2 Å². The van der Waals surface area contributed by atoms with E-state index in [2.05, 4.69) is 10.3 Å². The van der Waals surface area contributed by atoms with Crippen LogP contribution in [0.5, 0.6) is 0 Å². The van der Waals surface area contributed by atoms with Gasteiger partial charge in [0.15, 0.2) is 0 Å². The molecule has 1 amide bonds. The van der Waals surface area contributed by atoms with Gasteiger partial charge in [0, 0.05) is 30.1 Å². The number of para-hydroxylation sites is 1. The van der Waals surface area contributed by atoms with E-state index >= 15 is 0 Å². The second kappa shape index (κ2) is 9.44. The van der Waals surface area contributed by atoms with Gasteiger partial charge in [-0.2, -0.15) is 0 Å². The third-order valence-corrected chi connectivity index (χ3v) is 5.65. The largest absolute Gasteiger partial charge is 0.390 e. The maximum absolute atomic E-state index is 13.0. The SMILES string of the molecule is CCC1OC(c2ccncc2NC(=O)c2cccn(-c3ccccc3)c2=O)CC(O)C1O. The number of pyridine rings is 2. The summed E-state index contributed by atoms with van der Waals surface area (Å²) in [5.41, 5.74) is 1.20. The molecule has 1 saturated heterocycles. The highest BCUT2D eigenvalue weighted by molar-refractivity contribution is 6.04. The number of nitrogens with one attached hydrogen (secondary N) is 1. The fraction of sp³-hybridized carbons (Fsp3) is 0.292. The maximum atomic E-state index is 13.0. The van der Waals surface area contributed by atoms with E-state index < -0.39 is 35.9 Å². The molecule has 1 aliphatic heterocycles. The van der Waals surface area contributed by atoms with Crippen LogP contribution >= 0.6 is 0 Å². The first-order valence-electron chi connectivity index (χ1n) is 10.5. The molecule has 0 saturated carbocycles. The van der Waals surface area contributed by atoms with E-state index in [9.17, 15) is 19.8 Å². The van der Waals surface area contributed by atoms with E-state index in [4.69, 9.17) is 4.74 Å². The fourth-order valence-corrected chi connectivity index (χ4v) is 3.93. The van der Waals surface area contributed by atoms with Gasteiger partial charge in [0.1, 0.15) is 11.7 Å². The number of aliphatic hydroxyl groups is 2. The van der Waals surface area contributed by atoms with Crippen LogP contribution in [0.1, 0.15) is 41.8 Å². The van der Waals surface area contributed by atoms with Gasteiger partial charge in [-0.1, -0.05) is 25.1 Å². The zero-order valence-corrected chi connectivity index (χ0v) is 17.6. The molecule has 0 radical (unpaired) electrons. The highest BCUT2D eigenvalue weighted by Gasteiger charge is 2.37. The molecule has 0 aliphatic carbocycles. The van der Waals surface area contributed by atoms with E-state index in [0.29, 0.717) is 23.4 Å². The van der Waals surface area contributed by atoms with E-state index in [-0.39, 0.29) is 12.0 Å². The highest BCUT2D eigenvalue weighted by atomic mass is 16.5. The van der Waals surface area contributed by atoms with E-state index in [1.807, 2.05) is 25.1 Å². The number of hydrogen-bond donors (Lipinski definition) is 3. The van der Waals surface area contributed by atoms with Gasteiger partial charge < -0.3 is 20.3 Å². The first-order chi connectivity index (χ1) is 15.5. The zero-order chi connectivity index (χ0) is 22.7. The van der Waals surface area contributed by atoms with Crippen molar-refractivity contribution in [2.75, 3.05) is 5.32 Å². The summed E-state index contributed by atoms with van der Waals surface area (Å²) in [5.74, 6) is -0.571. The monoisotopic (exact) mass is 435 g/mol. The van der Waals surface area contributed by atoms with Crippen molar-refractivity contribution < 1.29 is 19.7 Å². The first-order valence-corrected chi connectivity index (χ1v) is 10.5. The smallest absolute Gasteiger partial charge is 0.267 e. The number of amides is 1. The molecule has 1 aliphatic rings. The van der Waals surface area contributed by atoms with Gasteiger partial charge in [0.2, 0.25) is 0 Å². The topological polar surface area (TPSA) is 114 Å². The minimum atomic E-state index is -0.961. The van der Waals surface area contributed by atoms with Gasteiger partial charge in [0.25, 0.3) is 11.5 Å². The first kappa shape index (κ1) is 21.9. The van der Waals surface area contributed by atoms with Crippen molar-refractivity contribution in [3.05, 3.63) is 88.6 Å². The van der Waals surface area contributed by atoms with Gasteiger partial charge in [-0.05, 0) is 36.8 Å². The molecule has 1 aromatic carbocycles. The second-order valence-corrected chi connectivity index (χ2v) is 7.71. The number of aromatic nitrogens is 2.